The van der Waals surface area contributed by atoms with Gasteiger partial charge in [-0.15, -0.1) is 0 Å². The molecule has 28 heavy (non-hydrogen) atoms. The summed E-state index contributed by atoms with van der Waals surface area (Å²) >= 11 is 0. The minimum absolute atomic E-state index is 0.0671. The van der Waals surface area contributed by atoms with Crippen LogP contribution in [0.15, 0.2) is 12.2 Å². The summed E-state index contributed by atoms with van der Waals surface area (Å²) < 4.78 is 4.91. The minimum Gasteiger partial charge on any atom is -0.450 e. The summed E-state index contributed by atoms with van der Waals surface area (Å²) in [6, 6.07) is 0. The van der Waals surface area contributed by atoms with Crippen LogP contribution >= 0.6 is 0 Å². The zero-order valence-corrected chi connectivity index (χ0v) is 18.3. The highest BCUT2D eigenvalue weighted by molar-refractivity contribution is 5.67. The summed E-state index contributed by atoms with van der Waals surface area (Å²) in [5, 5.41) is 21.9. The van der Waals surface area contributed by atoms with Gasteiger partial charge < -0.3 is 14.9 Å². The second-order valence-electron chi connectivity index (χ2n) is 7.71. The number of hydrogen-bond acceptors (Lipinski definition) is 4. The van der Waals surface area contributed by atoms with Crippen LogP contribution in [0, 0.1) is 0 Å². The first-order valence-corrected chi connectivity index (χ1v) is 11.6. The zero-order chi connectivity index (χ0) is 20.9. The van der Waals surface area contributed by atoms with Gasteiger partial charge in [0.25, 0.3) is 0 Å². The highest BCUT2D eigenvalue weighted by Crippen LogP contribution is 2.12. The van der Waals surface area contributed by atoms with Crippen LogP contribution in [0.25, 0.3) is 0 Å². The van der Waals surface area contributed by atoms with Gasteiger partial charge in [0.1, 0.15) is 6.23 Å². The lowest BCUT2D eigenvalue weighted by Gasteiger charge is -2.14. The first-order chi connectivity index (χ1) is 13.6. The molecule has 0 saturated heterocycles. The largest absolute Gasteiger partial charge is 0.450 e. The Morgan fingerprint density at radius 1 is 0.857 bits per heavy atom. The lowest BCUT2D eigenvalue weighted by Crippen LogP contribution is -2.37. The Hall–Kier alpha value is -1.07. The van der Waals surface area contributed by atoms with Crippen LogP contribution in [-0.2, 0) is 4.74 Å². The van der Waals surface area contributed by atoms with Crippen molar-refractivity contribution in [1.29, 1.82) is 0 Å². The second-order valence-corrected chi connectivity index (χ2v) is 7.71. The van der Waals surface area contributed by atoms with E-state index >= 15 is 0 Å². The average molecular weight is 400 g/mol. The van der Waals surface area contributed by atoms with Crippen molar-refractivity contribution in [1.82, 2.24) is 5.32 Å². The Labute approximate surface area is 172 Å². The highest BCUT2D eigenvalue weighted by Gasteiger charge is 2.12. The van der Waals surface area contributed by atoms with Crippen LogP contribution in [0.5, 0.6) is 0 Å². The van der Waals surface area contributed by atoms with Crippen LogP contribution in [-0.4, -0.2) is 35.2 Å². The molecule has 0 fully saturated rings. The fourth-order valence-electron chi connectivity index (χ4n) is 3.03. The van der Waals surface area contributed by atoms with Crippen LogP contribution in [0.1, 0.15) is 110 Å². The number of rotatable bonds is 19. The minimum atomic E-state index is -1.10. The van der Waals surface area contributed by atoms with E-state index in [9.17, 15) is 15.0 Å². The Morgan fingerprint density at radius 3 is 1.96 bits per heavy atom. The van der Waals surface area contributed by atoms with Gasteiger partial charge >= 0.3 is 6.09 Å². The molecule has 5 nitrogen and oxygen atoms in total. The number of carbonyl (C=O) groups is 1. The highest BCUT2D eigenvalue weighted by atomic mass is 16.6. The van der Waals surface area contributed by atoms with E-state index in [0.717, 1.165) is 25.7 Å². The maximum Gasteiger partial charge on any atom is 0.409 e. The summed E-state index contributed by atoms with van der Waals surface area (Å²) in [4.78, 5) is 11.4. The van der Waals surface area contributed by atoms with E-state index in [4.69, 9.17) is 4.74 Å². The SMILES string of the molecule is CCCCCCCCCCCCCC=CC(O)CC(O)NC(=O)OCCCC. The normalized spacial score (nSPS) is 13.6. The van der Waals surface area contributed by atoms with Gasteiger partial charge in [0.05, 0.1) is 12.7 Å². The number of hydrogen-bond donors (Lipinski definition) is 3. The molecular formula is C23H45NO4. The third-order valence-electron chi connectivity index (χ3n) is 4.81. The molecule has 0 bridgehead atoms. The molecule has 0 rings (SSSR count). The smallest absolute Gasteiger partial charge is 0.409 e. The summed E-state index contributed by atoms with van der Waals surface area (Å²) in [5.41, 5.74) is 0. The van der Waals surface area contributed by atoms with Crippen molar-refractivity contribution in [2.45, 2.75) is 122 Å². The van der Waals surface area contributed by atoms with Gasteiger partial charge in [-0.2, -0.15) is 0 Å². The summed E-state index contributed by atoms with van der Waals surface area (Å²) in [6.07, 6.45) is 18.5. The van der Waals surface area contributed by atoms with Crippen molar-refractivity contribution in [2.24, 2.45) is 0 Å². The van der Waals surface area contributed by atoms with Gasteiger partial charge in [-0.1, -0.05) is 96.6 Å². The topological polar surface area (TPSA) is 78.8 Å². The van der Waals surface area contributed by atoms with E-state index in [1.807, 2.05) is 13.0 Å². The monoisotopic (exact) mass is 399 g/mol. The third kappa shape index (κ3) is 19.7. The lowest BCUT2D eigenvalue weighted by molar-refractivity contribution is 0.0670. The molecule has 3 N–H and O–H groups in total. The molecule has 0 aliphatic heterocycles. The van der Waals surface area contributed by atoms with Crippen LogP contribution in [0.4, 0.5) is 4.79 Å². The lowest BCUT2D eigenvalue weighted by atomic mass is 10.1. The van der Waals surface area contributed by atoms with E-state index in [2.05, 4.69) is 12.2 Å². The predicted molar refractivity (Wildman–Crippen MR) is 116 cm³/mol. The van der Waals surface area contributed by atoms with E-state index in [1.54, 1.807) is 6.08 Å². The number of amides is 1. The van der Waals surface area contributed by atoms with Gasteiger partial charge in [-0.05, 0) is 19.3 Å². The standard InChI is InChI=1S/C23H45NO4/c1-3-5-7-8-9-10-11-12-13-14-15-16-17-18-21(25)20-22(26)24-23(27)28-19-6-4-2/h17-18,21-22,25-26H,3-16,19-20H2,1-2H3,(H,24,27). The molecule has 0 aliphatic rings. The first kappa shape index (κ1) is 26.9. The molecule has 2 unspecified atom stereocenters. The number of allylic oxidation sites excluding steroid dienone is 1. The molecule has 0 radical (unpaired) electrons. The van der Waals surface area contributed by atoms with Crippen LogP contribution < -0.4 is 5.32 Å². The summed E-state index contributed by atoms with van der Waals surface area (Å²) in [6.45, 7) is 4.61. The number of ether oxygens (including phenoxy) is 1. The molecule has 0 aromatic carbocycles. The van der Waals surface area contributed by atoms with Crippen LogP contribution in [0.2, 0.25) is 0 Å². The van der Waals surface area contributed by atoms with E-state index in [0.29, 0.717) is 6.61 Å². The van der Waals surface area contributed by atoms with Crippen molar-refractivity contribution in [3.8, 4) is 0 Å². The van der Waals surface area contributed by atoms with Crippen molar-refractivity contribution < 1.29 is 19.7 Å². The molecule has 0 aromatic heterocycles. The number of aliphatic hydroxyl groups is 2. The predicted octanol–water partition coefficient (Wildman–Crippen LogP) is 5.84. The fraction of sp³-hybridized carbons (Fsp3) is 0.870. The molecule has 0 aromatic rings. The maximum atomic E-state index is 11.4. The molecule has 0 heterocycles. The van der Waals surface area contributed by atoms with Gasteiger partial charge in [0.2, 0.25) is 0 Å². The average Bonchev–Trinajstić information content (AvgIpc) is 2.65. The van der Waals surface area contributed by atoms with Gasteiger partial charge in [-0.3, -0.25) is 5.32 Å². The quantitative estimate of drug-likeness (QED) is 0.145. The molecule has 0 saturated carbocycles. The maximum absolute atomic E-state index is 11.4. The number of nitrogens with one attached hydrogen (secondary N) is 1. The number of carbonyl (C=O) groups excluding carboxylic acids is 1. The second kappa shape index (κ2) is 20.7. The van der Waals surface area contributed by atoms with Crippen LogP contribution in [0.3, 0.4) is 0 Å². The molecule has 166 valence electrons. The first-order valence-electron chi connectivity index (χ1n) is 11.6. The summed E-state index contributed by atoms with van der Waals surface area (Å²) in [7, 11) is 0. The van der Waals surface area contributed by atoms with Crippen molar-refractivity contribution in [2.75, 3.05) is 6.61 Å². The van der Waals surface area contributed by atoms with Crippen molar-refractivity contribution in [3.05, 3.63) is 12.2 Å². The van der Waals surface area contributed by atoms with Crippen molar-refractivity contribution in [3.63, 3.8) is 0 Å². The third-order valence-corrected chi connectivity index (χ3v) is 4.81. The number of unbranched alkanes of at least 4 members (excludes halogenated alkanes) is 12. The Bertz CT molecular complexity index is 374. The molecule has 0 aliphatic carbocycles. The Balaban J connectivity index is 3.50. The Morgan fingerprint density at radius 2 is 1.39 bits per heavy atom. The van der Waals surface area contributed by atoms with Gasteiger partial charge in [0, 0.05) is 6.42 Å². The number of aliphatic hydroxyl groups excluding tert-OH is 2. The van der Waals surface area contributed by atoms with Gasteiger partial charge in [-0.25, -0.2) is 4.79 Å². The number of alkyl carbamates (subject to hydrolysis) is 1. The molecule has 2 atom stereocenters. The fourth-order valence-corrected chi connectivity index (χ4v) is 3.03. The summed E-state index contributed by atoms with van der Waals surface area (Å²) in [5.74, 6) is 0. The molecular weight excluding hydrogens is 354 g/mol. The van der Waals surface area contributed by atoms with E-state index in [-0.39, 0.29) is 6.42 Å². The molecule has 5 heteroatoms. The van der Waals surface area contributed by atoms with Crippen molar-refractivity contribution >= 4 is 6.09 Å². The molecule has 1 amide bonds. The Kier molecular flexibility index (Phi) is 19.9. The van der Waals surface area contributed by atoms with Gasteiger partial charge in [0.15, 0.2) is 0 Å². The molecule has 0 spiro atoms. The van der Waals surface area contributed by atoms with E-state index < -0.39 is 18.4 Å². The zero-order valence-electron chi connectivity index (χ0n) is 18.3. The van der Waals surface area contributed by atoms with E-state index in [1.165, 1.54) is 64.2 Å².